The van der Waals surface area contributed by atoms with Crippen LogP contribution in [0.25, 0.3) is 5.70 Å². The predicted molar refractivity (Wildman–Crippen MR) is 99.9 cm³/mol. The molecule has 3 rings (SSSR count). The third kappa shape index (κ3) is 4.56. The number of thiazole rings is 1. The molecule has 1 aromatic carbocycles. The molecule has 0 amide bonds. The maximum Gasteiger partial charge on any atom is 0.185 e. The summed E-state index contributed by atoms with van der Waals surface area (Å²) in [6.07, 6.45) is 4.09. The van der Waals surface area contributed by atoms with Crippen LogP contribution in [0.1, 0.15) is 12.5 Å². The number of hydroxylamine groups is 1. The maximum atomic E-state index is 5.40. The second kappa shape index (κ2) is 8.82. The predicted octanol–water partition coefficient (Wildman–Crippen LogP) is 2.85. The molecule has 1 aliphatic rings. The summed E-state index contributed by atoms with van der Waals surface area (Å²) < 4.78 is 0. The SMILES string of the molecule is CCONC(=CCN1CCN(c2nccs2)CC1)c1ccccc1. The van der Waals surface area contributed by atoms with Gasteiger partial charge in [0.05, 0.1) is 12.3 Å². The topological polar surface area (TPSA) is 40.6 Å². The summed E-state index contributed by atoms with van der Waals surface area (Å²) in [5, 5.41) is 3.17. The smallest absolute Gasteiger partial charge is 0.185 e. The Balaban J connectivity index is 1.57. The van der Waals surface area contributed by atoms with E-state index < -0.39 is 0 Å². The number of aromatic nitrogens is 1. The number of rotatable bonds is 7. The zero-order valence-electron chi connectivity index (χ0n) is 14.0. The van der Waals surface area contributed by atoms with Crippen LogP contribution in [0.5, 0.6) is 0 Å². The zero-order chi connectivity index (χ0) is 16.6. The van der Waals surface area contributed by atoms with Gasteiger partial charge in [-0.2, -0.15) is 0 Å². The largest absolute Gasteiger partial charge is 0.346 e. The van der Waals surface area contributed by atoms with E-state index in [1.165, 1.54) is 0 Å². The molecule has 0 spiro atoms. The minimum absolute atomic E-state index is 0.636. The zero-order valence-corrected chi connectivity index (χ0v) is 14.8. The number of hydrogen-bond acceptors (Lipinski definition) is 6. The molecule has 1 aliphatic heterocycles. The quantitative estimate of drug-likeness (QED) is 0.782. The average Bonchev–Trinajstić information content (AvgIpc) is 3.18. The molecule has 1 saturated heterocycles. The van der Waals surface area contributed by atoms with Crippen molar-refractivity contribution >= 4 is 22.2 Å². The van der Waals surface area contributed by atoms with Crippen molar-refractivity contribution in [2.24, 2.45) is 0 Å². The Morgan fingerprint density at radius 2 is 2.04 bits per heavy atom. The molecule has 0 aliphatic carbocycles. The van der Waals surface area contributed by atoms with Crippen molar-refractivity contribution in [1.29, 1.82) is 0 Å². The molecule has 0 unspecified atom stereocenters. The van der Waals surface area contributed by atoms with Crippen molar-refractivity contribution in [2.45, 2.75) is 6.92 Å². The fourth-order valence-electron chi connectivity index (χ4n) is 2.70. The molecule has 0 bridgehead atoms. The Hall–Kier alpha value is -1.89. The van der Waals surface area contributed by atoms with Crippen LogP contribution in [0.15, 0.2) is 48.0 Å². The summed E-state index contributed by atoms with van der Waals surface area (Å²) in [7, 11) is 0. The Morgan fingerprint density at radius 1 is 1.25 bits per heavy atom. The Labute approximate surface area is 147 Å². The minimum Gasteiger partial charge on any atom is -0.346 e. The highest BCUT2D eigenvalue weighted by atomic mass is 32.1. The third-order valence-electron chi connectivity index (χ3n) is 4.03. The van der Waals surface area contributed by atoms with Crippen molar-refractivity contribution in [2.75, 3.05) is 44.2 Å². The molecule has 1 aromatic heterocycles. The van der Waals surface area contributed by atoms with Crippen molar-refractivity contribution in [3.8, 4) is 0 Å². The summed E-state index contributed by atoms with van der Waals surface area (Å²) in [5.74, 6) is 0. The van der Waals surface area contributed by atoms with E-state index in [9.17, 15) is 0 Å². The monoisotopic (exact) mass is 344 g/mol. The molecule has 0 atom stereocenters. The summed E-state index contributed by atoms with van der Waals surface area (Å²) in [4.78, 5) is 14.6. The first-order chi connectivity index (χ1) is 11.9. The van der Waals surface area contributed by atoms with Crippen molar-refractivity contribution in [3.05, 3.63) is 53.5 Å². The van der Waals surface area contributed by atoms with Gasteiger partial charge in [-0.1, -0.05) is 30.3 Å². The first-order valence-corrected chi connectivity index (χ1v) is 9.25. The fraction of sp³-hybridized carbons (Fsp3) is 0.389. The second-order valence-electron chi connectivity index (χ2n) is 5.62. The van der Waals surface area contributed by atoms with Gasteiger partial charge in [-0.25, -0.2) is 4.98 Å². The van der Waals surface area contributed by atoms with E-state index >= 15 is 0 Å². The van der Waals surface area contributed by atoms with Gasteiger partial charge in [-0.05, 0) is 18.6 Å². The van der Waals surface area contributed by atoms with Gasteiger partial charge in [0.15, 0.2) is 5.13 Å². The number of anilines is 1. The lowest BCUT2D eigenvalue weighted by Crippen LogP contribution is -2.46. The summed E-state index contributed by atoms with van der Waals surface area (Å²) in [6, 6.07) is 10.3. The van der Waals surface area contributed by atoms with Crippen LogP contribution in [-0.4, -0.2) is 49.2 Å². The van der Waals surface area contributed by atoms with Gasteiger partial charge in [0.2, 0.25) is 0 Å². The molecule has 1 N–H and O–H groups in total. The van der Waals surface area contributed by atoms with E-state index in [1.54, 1.807) is 11.3 Å². The summed E-state index contributed by atoms with van der Waals surface area (Å²) in [6.45, 7) is 7.68. The molecule has 128 valence electrons. The van der Waals surface area contributed by atoms with Gasteiger partial charge < -0.3 is 4.90 Å². The Morgan fingerprint density at radius 3 is 2.71 bits per heavy atom. The highest BCUT2D eigenvalue weighted by Crippen LogP contribution is 2.19. The van der Waals surface area contributed by atoms with Crippen LogP contribution in [0, 0.1) is 0 Å². The van der Waals surface area contributed by atoms with Crippen LogP contribution < -0.4 is 10.4 Å². The Kier molecular flexibility index (Phi) is 6.23. The molecule has 2 heterocycles. The lowest BCUT2D eigenvalue weighted by molar-refractivity contribution is 0.0896. The van der Waals surface area contributed by atoms with Gasteiger partial charge in [0.1, 0.15) is 0 Å². The van der Waals surface area contributed by atoms with Gasteiger partial charge in [0.25, 0.3) is 0 Å². The second-order valence-corrected chi connectivity index (χ2v) is 6.49. The van der Waals surface area contributed by atoms with E-state index in [0.717, 1.165) is 49.1 Å². The number of hydrogen-bond donors (Lipinski definition) is 1. The molecule has 0 saturated carbocycles. The molecule has 2 aromatic rings. The van der Waals surface area contributed by atoms with E-state index in [1.807, 2.05) is 36.7 Å². The van der Waals surface area contributed by atoms with Crippen LogP contribution >= 0.6 is 11.3 Å². The normalized spacial score (nSPS) is 16.4. The van der Waals surface area contributed by atoms with Crippen LogP contribution in [0.3, 0.4) is 0 Å². The molecular formula is C18H24N4OS. The highest BCUT2D eigenvalue weighted by Gasteiger charge is 2.17. The molecule has 1 fully saturated rings. The molecule has 0 radical (unpaired) electrons. The number of nitrogens with one attached hydrogen (secondary N) is 1. The Bertz CT molecular complexity index is 622. The van der Waals surface area contributed by atoms with E-state index in [-0.39, 0.29) is 0 Å². The average molecular weight is 344 g/mol. The van der Waals surface area contributed by atoms with Crippen molar-refractivity contribution in [1.82, 2.24) is 15.4 Å². The fourth-order valence-corrected chi connectivity index (χ4v) is 3.40. The van der Waals surface area contributed by atoms with Crippen molar-refractivity contribution < 1.29 is 4.84 Å². The first kappa shape index (κ1) is 17.0. The number of benzene rings is 1. The van der Waals surface area contributed by atoms with E-state index in [0.29, 0.717) is 6.61 Å². The summed E-state index contributed by atoms with van der Waals surface area (Å²) in [5.41, 5.74) is 5.25. The maximum absolute atomic E-state index is 5.40. The standard InChI is InChI=1S/C18H24N4OS/c1-2-23-20-17(16-6-4-3-5-7-16)8-10-21-11-13-22(14-12-21)18-19-9-15-24-18/h3-9,15,20H,2,10-14H2,1H3. The lowest BCUT2D eigenvalue weighted by Gasteiger charge is -2.34. The van der Waals surface area contributed by atoms with Crippen LogP contribution in [-0.2, 0) is 4.84 Å². The number of piperazine rings is 1. The van der Waals surface area contributed by atoms with Gasteiger partial charge in [-0.15, -0.1) is 11.3 Å². The molecule has 5 nitrogen and oxygen atoms in total. The minimum atomic E-state index is 0.636. The van der Waals surface area contributed by atoms with Gasteiger partial charge >= 0.3 is 0 Å². The highest BCUT2D eigenvalue weighted by molar-refractivity contribution is 7.13. The van der Waals surface area contributed by atoms with E-state index in [2.05, 4.69) is 38.5 Å². The van der Waals surface area contributed by atoms with E-state index in [4.69, 9.17) is 4.84 Å². The van der Waals surface area contributed by atoms with Crippen molar-refractivity contribution in [3.63, 3.8) is 0 Å². The molecule has 6 heteroatoms. The molecular weight excluding hydrogens is 320 g/mol. The first-order valence-electron chi connectivity index (χ1n) is 8.37. The van der Waals surface area contributed by atoms with Crippen LogP contribution in [0.2, 0.25) is 0 Å². The summed E-state index contributed by atoms with van der Waals surface area (Å²) >= 11 is 1.71. The number of nitrogens with zero attached hydrogens (tertiary/aromatic N) is 3. The van der Waals surface area contributed by atoms with Gasteiger partial charge in [-0.3, -0.25) is 15.2 Å². The van der Waals surface area contributed by atoms with Crippen LogP contribution in [0.4, 0.5) is 5.13 Å². The molecule has 24 heavy (non-hydrogen) atoms. The third-order valence-corrected chi connectivity index (χ3v) is 4.86. The lowest BCUT2D eigenvalue weighted by atomic mass is 10.1. The van der Waals surface area contributed by atoms with Gasteiger partial charge in [0, 0.05) is 44.3 Å².